The number of nitrogens with zero attached hydrogens (tertiary/aromatic N) is 2. The summed E-state index contributed by atoms with van der Waals surface area (Å²) in [5.74, 6) is 0. The van der Waals surface area contributed by atoms with Crippen molar-refractivity contribution in [1.82, 2.24) is 9.80 Å². The molecule has 1 aliphatic heterocycles. The van der Waals surface area contributed by atoms with E-state index < -0.39 is 0 Å². The van der Waals surface area contributed by atoms with E-state index in [0.29, 0.717) is 10.8 Å². The molecule has 1 rings (SSSR count). The van der Waals surface area contributed by atoms with Gasteiger partial charge in [-0.1, -0.05) is 55.9 Å². The predicted octanol–water partition coefficient (Wildman–Crippen LogP) is 4.36. The molecular formula is C17H40N2. The van der Waals surface area contributed by atoms with E-state index in [1.807, 2.05) is 13.8 Å². The zero-order chi connectivity index (χ0) is 14.4. The Morgan fingerprint density at radius 3 is 1.63 bits per heavy atom. The van der Waals surface area contributed by atoms with Gasteiger partial charge in [-0.3, -0.25) is 0 Å². The lowest BCUT2D eigenvalue weighted by molar-refractivity contribution is 0.0881. The molecule has 0 saturated carbocycles. The van der Waals surface area contributed by atoms with E-state index in [4.69, 9.17) is 0 Å². The molecule has 0 bridgehead atoms. The molecule has 0 aromatic carbocycles. The molecule has 0 amide bonds. The van der Waals surface area contributed by atoms with E-state index in [0.717, 1.165) is 0 Å². The third kappa shape index (κ3) is 10.4. The fourth-order valence-corrected chi connectivity index (χ4v) is 3.10. The molecule has 2 heteroatoms. The van der Waals surface area contributed by atoms with E-state index in [-0.39, 0.29) is 7.43 Å². The van der Waals surface area contributed by atoms with Gasteiger partial charge in [0.15, 0.2) is 0 Å². The number of likely N-dealkylation sites (N-methyl/N-ethyl adjacent to an activating group) is 1. The van der Waals surface area contributed by atoms with Crippen LogP contribution in [0.1, 0.15) is 62.3 Å². The quantitative estimate of drug-likeness (QED) is 0.753. The summed E-state index contributed by atoms with van der Waals surface area (Å²) in [6.45, 7) is 22.0. The molecule has 1 heterocycles. The van der Waals surface area contributed by atoms with Crippen LogP contribution in [-0.2, 0) is 0 Å². The molecule has 0 atom stereocenters. The highest BCUT2D eigenvalue weighted by molar-refractivity contribution is 4.81. The van der Waals surface area contributed by atoms with Gasteiger partial charge in [0.25, 0.3) is 0 Å². The fraction of sp³-hybridized carbons (Fsp3) is 1.00. The first kappa shape index (κ1) is 21.2. The van der Waals surface area contributed by atoms with Crippen molar-refractivity contribution in [2.24, 2.45) is 10.8 Å². The SMILES string of the molecule is C.CC.CN1CCN(CC(C)(C)CC(C)(C)C)CC1. The maximum absolute atomic E-state index is 2.63. The molecular weight excluding hydrogens is 232 g/mol. The Bertz CT molecular complexity index is 208. The number of piperazine rings is 1. The molecule has 19 heavy (non-hydrogen) atoms. The first-order chi connectivity index (χ1) is 8.18. The Kier molecular flexibility index (Phi) is 10.0. The standard InChI is InChI=1S/C14H30N2.C2H6.CH4/c1-13(2,3)11-14(4,5)12-16-9-7-15(6)8-10-16;1-2;/h7-12H2,1-6H3;1-2H3;1H4. The van der Waals surface area contributed by atoms with Crippen LogP contribution in [0.2, 0.25) is 0 Å². The topological polar surface area (TPSA) is 6.48 Å². The number of rotatable bonds is 3. The lowest BCUT2D eigenvalue weighted by Crippen LogP contribution is -2.48. The van der Waals surface area contributed by atoms with E-state index in [9.17, 15) is 0 Å². The van der Waals surface area contributed by atoms with Crippen molar-refractivity contribution in [3.05, 3.63) is 0 Å². The molecule has 0 unspecified atom stereocenters. The molecule has 1 fully saturated rings. The summed E-state index contributed by atoms with van der Waals surface area (Å²) >= 11 is 0. The van der Waals surface area contributed by atoms with Crippen molar-refractivity contribution in [1.29, 1.82) is 0 Å². The highest BCUT2D eigenvalue weighted by atomic mass is 15.2. The Labute approximate surface area is 123 Å². The highest BCUT2D eigenvalue weighted by Gasteiger charge is 2.28. The molecule has 0 aromatic rings. The summed E-state index contributed by atoms with van der Waals surface area (Å²) in [5, 5.41) is 0. The van der Waals surface area contributed by atoms with Gasteiger partial charge in [0, 0.05) is 32.7 Å². The predicted molar refractivity (Wildman–Crippen MR) is 89.9 cm³/mol. The van der Waals surface area contributed by atoms with Crippen LogP contribution in [-0.4, -0.2) is 49.6 Å². The van der Waals surface area contributed by atoms with Crippen LogP contribution in [0.15, 0.2) is 0 Å². The van der Waals surface area contributed by atoms with Crippen LogP contribution in [0.3, 0.4) is 0 Å². The van der Waals surface area contributed by atoms with Crippen molar-refractivity contribution in [2.45, 2.75) is 62.3 Å². The van der Waals surface area contributed by atoms with E-state index in [2.05, 4.69) is 51.5 Å². The molecule has 2 nitrogen and oxygen atoms in total. The third-order valence-corrected chi connectivity index (χ3v) is 3.26. The van der Waals surface area contributed by atoms with Crippen LogP contribution in [0.25, 0.3) is 0 Å². The second-order valence-corrected chi connectivity index (χ2v) is 7.48. The van der Waals surface area contributed by atoms with Gasteiger partial charge in [-0.15, -0.1) is 0 Å². The van der Waals surface area contributed by atoms with Gasteiger partial charge in [-0.2, -0.15) is 0 Å². The summed E-state index contributed by atoms with van der Waals surface area (Å²) in [4.78, 5) is 5.05. The minimum absolute atomic E-state index is 0. The first-order valence-corrected chi connectivity index (χ1v) is 7.59. The lowest BCUT2D eigenvalue weighted by Gasteiger charge is -2.40. The van der Waals surface area contributed by atoms with Gasteiger partial charge in [-0.05, 0) is 24.3 Å². The van der Waals surface area contributed by atoms with Gasteiger partial charge < -0.3 is 9.80 Å². The molecule has 0 aromatic heterocycles. The maximum atomic E-state index is 2.63. The van der Waals surface area contributed by atoms with Gasteiger partial charge in [0.1, 0.15) is 0 Å². The van der Waals surface area contributed by atoms with E-state index >= 15 is 0 Å². The van der Waals surface area contributed by atoms with Crippen LogP contribution in [0, 0.1) is 10.8 Å². The summed E-state index contributed by atoms with van der Waals surface area (Å²) < 4.78 is 0. The van der Waals surface area contributed by atoms with Crippen molar-refractivity contribution in [3.63, 3.8) is 0 Å². The summed E-state index contributed by atoms with van der Waals surface area (Å²) in [6, 6.07) is 0. The summed E-state index contributed by atoms with van der Waals surface area (Å²) in [7, 11) is 2.22. The minimum atomic E-state index is 0. The minimum Gasteiger partial charge on any atom is -0.304 e. The largest absolute Gasteiger partial charge is 0.304 e. The average Bonchev–Trinajstić information content (AvgIpc) is 2.20. The fourth-order valence-electron chi connectivity index (χ4n) is 3.10. The molecule has 118 valence electrons. The highest BCUT2D eigenvalue weighted by Crippen LogP contribution is 2.33. The maximum Gasteiger partial charge on any atom is 0.0110 e. The first-order valence-electron chi connectivity index (χ1n) is 7.59. The van der Waals surface area contributed by atoms with Crippen LogP contribution in [0.4, 0.5) is 0 Å². The number of hydrogen-bond donors (Lipinski definition) is 0. The van der Waals surface area contributed by atoms with Crippen molar-refractivity contribution >= 4 is 0 Å². The van der Waals surface area contributed by atoms with Gasteiger partial charge in [0.05, 0.1) is 0 Å². The lowest BCUT2D eigenvalue weighted by atomic mass is 9.76. The Morgan fingerprint density at radius 1 is 0.842 bits per heavy atom. The van der Waals surface area contributed by atoms with Gasteiger partial charge in [-0.25, -0.2) is 0 Å². The van der Waals surface area contributed by atoms with Gasteiger partial charge >= 0.3 is 0 Å². The van der Waals surface area contributed by atoms with Crippen LogP contribution < -0.4 is 0 Å². The summed E-state index contributed by atoms with van der Waals surface area (Å²) in [5.41, 5.74) is 0.879. The summed E-state index contributed by atoms with van der Waals surface area (Å²) in [6.07, 6.45) is 1.30. The number of hydrogen-bond acceptors (Lipinski definition) is 2. The van der Waals surface area contributed by atoms with Crippen molar-refractivity contribution < 1.29 is 0 Å². The normalized spacial score (nSPS) is 18.3. The van der Waals surface area contributed by atoms with Gasteiger partial charge in [0.2, 0.25) is 0 Å². The van der Waals surface area contributed by atoms with Crippen LogP contribution >= 0.6 is 0 Å². The molecule has 1 saturated heterocycles. The zero-order valence-electron chi connectivity index (χ0n) is 14.1. The molecule has 1 aliphatic rings. The average molecular weight is 273 g/mol. The Morgan fingerprint density at radius 2 is 1.26 bits per heavy atom. The Balaban J connectivity index is 0. The third-order valence-electron chi connectivity index (χ3n) is 3.26. The smallest absolute Gasteiger partial charge is 0.0110 e. The van der Waals surface area contributed by atoms with Crippen LogP contribution in [0.5, 0.6) is 0 Å². The second-order valence-electron chi connectivity index (χ2n) is 7.48. The molecule has 0 aliphatic carbocycles. The monoisotopic (exact) mass is 272 g/mol. The molecule has 0 radical (unpaired) electrons. The van der Waals surface area contributed by atoms with E-state index in [1.54, 1.807) is 0 Å². The van der Waals surface area contributed by atoms with Crippen molar-refractivity contribution in [2.75, 3.05) is 39.8 Å². The second kappa shape index (κ2) is 8.97. The van der Waals surface area contributed by atoms with Crippen molar-refractivity contribution in [3.8, 4) is 0 Å². The molecule has 0 spiro atoms. The Hall–Kier alpha value is -0.0800. The van der Waals surface area contributed by atoms with E-state index in [1.165, 1.54) is 39.1 Å². The zero-order valence-corrected chi connectivity index (χ0v) is 14.1. The molecule has 0 N–H and O–H groups in total.